The number of benzene rings is 1. The van der Waals surface area contributed by atoms with Crippen molar-refractivity contribution in [3.8, 4) is 11.5 Å². The van der Waals surface area contributed by atoms with Crippen molar-refractivity contribution in [3.63, 3.8) is 0 Å². The van der Waals surface area contributed by atoms with Crippen molar-refractivity contribution in [1.82, 2.24) is 5.06 Å². The molecule has 0 unspecified atom stereocenters. The number of phenols is 1. The summed E-state index contributed by atoms with van der Waals surface area (Å²) in [5.74, 6) is 0.596. The number of phenolic OH excluding ortho intramolecular Hbond substituents is 1. The quantitative estimate of drug-likeness (QED) is 0.782. The highest BCUT2D eigenvalue weighted by Crippen LogP contribution is 2.54. The molecule has 5 heteroatoms. The molecule has 0 amide bonds. The summed E-state index contributed by atoms with van der Waals surface area (Å²) in [6, 6.07) is 3.38. The summed E-state index contributed by atoms with van der Waals surface area (Å²) in [4.78, 5) is 0. The SMILES string of the molecule is CCCOc1cc(O)c2c(c1)C1(CCC1)N(O)C2=N. The van der Waals surface area contributed by atoms with Crippen LogP contribution >= 0.6 is 0 Å². The van der Waals surface area contributed by atoms with Gasteiger partial charge in [-0.15, -0.1) is 0 Å². The fraction of sp³-hybridized carbons (Fsp3) is 0.500. The van der Waals surface area contributed by atoms with E-state index in [1.54, 1.807) is 0 Å². The molecular formula is C14H18N2O3. The van der Waals surface area contributed by atoms with E-state index < -0.39 is 5.54 Å². The van der Waals surface area contributed by atoms with E-state index in [1.165, 1.54) is 6.07 Å². The Bertz CT molecular complexity index is 538. The average molecular weight is 262 g/mol. The molecule has 1 heterocycles. The molecule has 5 nitrogen and oxygen atoms in total. The summed E-state index contributed by atoms with van der Waals surface area (Å²) in [7, 11) is 0. The standard InChI is InChI=1S/C14H18N2O3/c1-2-6-19-9-7-10-12(11(17)8-9)13(15)16(18)14(10)4-3-5-14/h7-8,15,17-18H,2-6H2,1H3. The van der Waals surface area contributed by atoms with Crippen LogP contribution in [0.3, 0.4) is 0 Å². The van der Waals surface area contributed by atoms with Gasteiger partial charge in [-0.2, -0.15) is 0 Å². The lowest BCUT2D eigenvalue weighted by molar-refractivity contribution is -0.138. The minimum absolute atomic E-state index is 0.0106. The molecule has 102 valence electrons. The van der Waals surface area contributed by atoms with Crippen LogP contribution in [-0.2, 0) is 5.54 Å². The molecule has 1 aromatic carbocycles. The largest absolute Gasteiger partial charge is 0.507 e. The average Bonchev–Trinajstić information content (AvgIpc) is 2.56. The van der Waals surface area contributed by atoms with Crippen molar-refractivity contribution < 1.29 is 15.1 Å². The van der Waals surface area contributed by atoms with Crippen LogP contribution in [0.4, 0.5) is 0 Å². The Morgan fingerprint density at radius 2 is 2.16 bits per heavy atom. The van der Waals surface area contributed by atoms with E-state index in [4.69, 9.17) is 10.1 Å². The van der Waals surface area contributed by atoms with Crippen molar-refractivity contribution >= 4 is 5.84 Å². The molecule has 19 heavy (non-hydrogen) atoms. The Labute approximate surface area is 111 Å². The molecule has 1 spiro atoms. The lowest BCUT2D eigenvalue weighted by Gasteiger charge is -2.43. The van der Waals surface area contributed by atoms with Crippen LogP contribution in [0.1, 0.15) is 43.7 Å². The van der Waals surface area contributed by atoms with Crippen LogP contribution < -0.4 is 4.74 Å². The topological polar surface area (TPSA) is 76.8 Å². The van der Waals surface area contributed by atoms with E-state index in [2.05, 4.69) is 0 Å². The molecule has 3 N–H and O–H groups in total. The Morgan fingerprint density at radius 1 is 1.42 bits per heavy atom. The van der Waals surface area contributed by atoms with Crippen molar-refractivity contribution in [3.05, 3.63) is 23.3 Å². The minimum atomic E-state index is -0.518. The van der Waals surface area contributed by atoms with Gasteiger partial charge in [-0.05, 0) is 37.3 Å². The molecule has 0 bridgehead atoms. The molecule has 1 fully saturated rings. The zero-order valence-corrected chi connectivity index (χ0v) is 10.9. The van der Waals surface area contributed by atoms with Gasteiger partial charge >= 0.3 is 0 Å². The molecule has 1 aromatic rings. The Morgan fingerprint density at radius 3 is 2.74 bits per heavy atom. The third-order valence-electron chi connectivity index (χ3n) is 4.10. The zero-order chi connectivity index (χ0) is 13.6. The second-order valence-corrected chi connectivity index (χ2v) is 5.26. The van der Waals surface area contributed by atoms with E-state index in [1.807, 2.05) is 13.0 Å². The van der Waals surface area contributed by atoms with Crippen LogP contribution in [0.15, 0.2) is 12.1 Å². The first kappa shape index (κ1) is 12.3. The highest BCUT2D eigenvalue weighted by atomic mass is 16.5. The van der Waals surface area contributed by atoms with Crippen LogP contribution in [0, 0.1) is 5.41 Å². The smallest absolute Gasteiger partial charge is 0.157 e. The number of amidine groups is 1. The number of nitrogens with one attached hydrogen (secondary N) is 1. The van der Waals surface area contributed by atoms with Gasteiger partial charge in [-0.25, -0.2) is 5.06 Å². The van der Waals surface area contributed by atoms with E-state index >= 15 is 0 Å². The van der Waals surface area contributed by atoms with Gasteiger partial charge in [0.15, 0.2) is 5.84 Å². The lowest BCUT2D eigenvalue weighted by Crippen LogP contribution is -2.46. The van der Waals surface area contributed by atoms with Gasteiger partial charge in [0.1, 0.15) is 11.5 Å². The van der Waals surface area contributed by atoms with Crippen molar-refractivity contribution in [1.29, 1.82) is 5.41 Å². The third-order valence-corrected chi connectivity index (χ3v) is 4.10. The molecular weight excluding hydrogens is 244 g/mol. The van der Waals surface area contributed by atoms with Crippen molar-refractivity contribution in [2.75, 3.05) is 6.61 Å². The van der Waals surface area contributed by atoms with Gasteiger partial charge in [0.05, 0.1) is 17.7 Å². The fourth-order valence-electron chi connectivity index (χ4n) is 2.95. The Hall–Kier alpha value is -1.75. The van der Waals surface area contributed by atoms with E-state index in [0.29, 0.717) is 17.9 Å². The highest BCUT2D eigenvalue weighted by molar-refractivity contribution is 6.03. The van der Waals surface area contributed by atoms with Gasteiger partial charge in [-0.1, -0.05) is 6.92 Å². The molecule has 0 saturated heterocycles. The number of aromatic hydroxyl groups is 1. The fourth-order valence-corrected chi connectivity index (χ4v) is 2.95. The molecule has 1 aliphatic heterocycles. The number of hydroxylamine groups is 2. The number of hydrogen-bond acceptors (Lipinski definition) is 4. The first-order valence-electron chi connectivity index (χ1n) is 6.68. The summed E-state index contributed by atoms with van der Waals surface area (Å²) in [5.41, 5.74) is 0.735. The van der Waals surface area contributed by atoms with E-state index in [9.17, 15) is 10.3 Å². The number of hydrogen-bond donors (Lipinski definition) is 3. The second-order valence-electron chi connectivity index (χ2n) is 5.26. The van der Waals surface area contributed by atoms with Crippen LogP contribution in [-0.4, -0.2) is 27.8 Å². The predicted octanol–water partition coefficient (Wildman–Crippen LogP) is 2.59. The summed E-state index contributed by atoms with van der Waals surface area (Å²) in [5, 5.41) is 29.2. The minimum Gasteiger partial charge on any atom is -0.507 e. The monoisotopic (exact) mass is 262 g/mol. The highest BCUT2D eigenvalue weighted by Gasteiger charge is 2.53. The molecule has 1 aliphatic carbocycles. The summed E-state index contributed by atoms with van der Waals surface area (Å²) in [6.45, 7) is 2.61. The number of fused-ring (bicyclic) bond motifs is 2. The van der Waals surface area contributed by atoms with E-state index in [0.717, 1.165) is 36.3 Å². The maximum atomic E-state index is 10.1. The van der Waals surface area contributed by atoms with Crippen LogP contribution in [0.5, 0.6) is 11.5 Å². The van der Waals surface area contributed by atoms with E-state index in [-0.39, 0.29) is 11.6 Å². The molecule has 0 aromatic heterocycles. The Kier molecular flexibility index (Phi) is 2.67. The number of ether oxygens (including phenoxy) is 1. The lowest BCUT2D eigenvalue weighted by atomic mass is 9.72. The number of nitrogens with zero attached hydrogens (tertiary/aromatic N) is 1. The van der Waals surface area contributed by atoms with Gasteiger partial charge in [0.2, 0.25) is 0 Å². The molecule has 2 aliphatic rings. The summed E-state index contributed by atoms with van der Waals surface area (Å²) < 4.78 is 5.56. The Balaban J connectivity index is 2.08. The summed E-state index contributed by atoms with van der Waals surface area (Å²) in [6.07, 6.45) is 3.51. The van der Waals surface area contributed by atoms with Gasteiger partial charge in [0, 0.05) is 6.07 Å². The molecule has 0 atom stereocenters. The third kappa shape index (κ3) is 1.54. The molecule has 0 radical (unpaired) electrons. The maximum Gasteiger partial charge on any atom is 0.157 e. The maximum absolute atomic E-state index is 10.1. The zero-order valence-electron chi connectivity index (χ0n) is 10.9. The summed E-state index contributed by atoms with van der Waals surface area (Å²) >= 11 is 0. The first-order chi connectivity index (χ1) is 9.10. The van der Waals surface area contributed by atoms with Gasteiger partial charge in [-0.3, -0.25) is 10.6 Å². The molecule has 1 saturated carbocycles. The normalized spacial score (nSPS) is 19.5. The first-order valence-corrected chi connectivity index (χ1v) is 6.68. The molecule has 3 rings (SSSR count). The number of rotatable bonds is 3. The van der Waals surface area contributed by atoms with Crippen molar-refractivity contribution in [2.24, 2.45) is 0 Å². The van der Waals surface area contributed by atoms with Crippen LogP contribution in [0.25, 0.3) is 0 Å². The van der Waals surface area contributed by atoms with Gasteiger partial charge < -0.3 is 9.84 Å². The second kappa shape index (κ2) is 4.13. The predicted molar refractivity (Wildman–Crippen MR) is 69.9 cm³/mol. The van der Waals surface area contributed by atoms with Crippen molar-refractivity contribution in [2.45, 2.75) is 38.1 Å². The van der Waals surface area contributed by atoms with Gasteiger partial charge in [0.25, 0.3) is 0 Å². The van der Waals surface area contributed by atoms with Crippen LogP contribution in [0.2, 0.25) is 0 Å².